The van der Waals surface area contributed by atoms with Crippen LogP contribution in [0.15, 0.2) is 29.3 Å². The quantitative estimate of drug-likeness (QED) is 0.539. The van der Waals surface area contributed by atoms with Gasteiger partial charge < -0.3 is 20.3 Å². The number of nitrogens with one attached hydrogen (secondary N) is 2. The van der Waals surface area contributed by atoms with Gasteiger partial charge in [0, 0.05) is 31.4 Å². The first-order valence-corrected chi connectivity index (χ1v) is 9.69. The third kappa shape index (κ3) is 5.48. The van der Waals surface area contributed by atoms with Gasteiger partial charge in [-0.2, -0.15) is 5.10 Å². The number of aromatic nitrogens is 2. The second-order valence-electron chi connectivity index (χ2n) is 7.11. The van der Waals surface area contributed by atoms with Crippen LogP contribution in [0.2, 0.25) is 0 Å². The molecule has 0 aliphatic heterocycles. The predicted molar refractivity (Wildman–Crippen MR) is 115 cm³/mol. The highest BCUT2D eigenvalue weighted by molar-refractivity contribution is 5.79. The zero-order valence-electron chi connectivity index (χ0n) is 18.2. The van der Waals surface area contributed by atoms with Crippen LogP contribution in [0, 0.1) is 13.8 Å². The lowest BCUT2D eigenvalue weighted by Gasteiger charge is -2.26. The SMILES string of the molecule is CCNC(=NCc1c(C)nn(C)c1C)NCC(c1cccc(OC)c1)N(C)C. The molecule has 0 fully saturated rings. The van der Waals surface area contributed by atoms with E-state index in [0.29, 0.717) is 6.54 Å². The van der Waals surface area contributed by atoms with E-state index in [9.17, 15) is 0 Å². The largest absolute Gasteiger partial charge is 0.497 e. The van der Waals surface area contributed by atoms with Crippen molar-refractivity contribution in [2.24, 2.45) is 12.0 Å². The van der Waals surface area contributed by atoms with Crippen molar-refractivity contribution in [3.63, 3.8) is 0 Å². The maximum absolute atomic E-state index is 5.38. The van der Waals surface area contributed by atoms with Crippen LogP contribution in [0.1, 0.15) is 35.5 Å². The van der Waals surface area contributed by atoms with Gasteiger partial charge in [0.15, 0.2) is 5.96 Å². The summed E-state index contributed by atoms with van der Waals surface area (Å²) in [6, 6.07) is 8.40. The van der Waals surface area contributed by atoms with Gasteiger partial charge in [-0.05, 0) is 52.6 Å². The highest BCUT2D eigenvalue weighted by atomic mass is 16.5. The van der Waals surface area contributed by atoms with E-state index in [1.165, 1.54) is 11.1 Å². The lowest BCUT2D eigenvalue weighted by molar-refractivity contribution is 0.297. The molecule has 0 aliphatic carbocycles. The number of hydrogen-bond donors (Lipinski definition) is 2. The van der Waals surface area contributed by atoms with E-state index in [1.54, 1.807) is 7.11 Å². The van der Waals surface area contributed by atoms with Crippen LogP contribution in [0.3, 0.4) is 0 Å². The lowest BCUT2D eigenvalue weighted by atomic mass is 10.1. The van der Waals surface area contributed by atoms with E-state index in [2.05, 4.69) is 60.7 Å². The molecule has 28 heavy (non-hydrogen) atoms. The molecule has 2 N–H and O–H groups in total. The van der Waals surface area contributed by atoms with Gasteiger partial charge in [0.1, 0.15) is 5.75 Å². The maximum atomic E-state index is 5.38. The maximum Gasteiger partial charge on any atom is 0.191 e. The average Bonchev–Trinajstić information content (AvgIpc) is 2.91. The molecule has 2 aromatic rings. The Hall–Kier alpha value is -2.54. The summed E-state index contributed by atoms with van der Waals surface area (Å²) in [4.78, 5) is 6.97. The molecule has 1 aromatic heterocycles. The number of likely N-dealkylation sites (N-methyl/N-ethyl adjacent to an activating group) is 1. The number of nitrogens with zero attached hydrogens (tertiary/aromatic N) is 4. The van der Waals surface area contributed by atoms with Crippen molar-refractivity contribution in [2.45, 2.75) is 33.4 Å². The summed E-state index contributed by atoms with van der Waals surface area (Å²) >= 11 is 0. The van der Waals surface area contributed by atoms with Crippen molar-refractivity contribution in [1.82, 2.24) is 25.3 Å². The third-order valence-electron chi connectivity index (χ3n) is 4.96. The van der Waals surface area contributed by atoms with E-state index < -0.39 is 0 Å². The van der Waals surface area contributed by atoms with Crippen LogP contribution in [0.4, 0.5) is 0 Å². The van der Waals surface area contributed by atoms with Gasteiger partial charge in [-0.15, -0.1) is 0 Å². The standard InChI is InChI=1S/C21H34N6O/c1-8-22-21(23-13-19-15(2)25-27(6)16(19)3)24-14-20(26(4)5)17-10-9-11-18(12-17)28-7/h9-12,20H,8,13-14H2,1-7H3,(H2,22,23,24). The first-order chi connectivity index (χ1) is 13.4. The number of aliphatic imine (C=N–C) groups is 1. The Morgan fingerprint density at radius 3 is 2.61 bits per heavy atom. The van der Waals surface area contributed by atoms with Gasteiger partial charge in [-0.1, -0.05) is 12.1 Å². The Labute approximate surface area is 168 Å². The highest BCUT2D eigenvalue weighted by Crippen LogP contribution is 2.22. The summed E-state index contributed by atoms with van der Waals surface area (Å²) in [5.41, 5.74) is 4.56. The second kappa shape index (κ2) is 10.1. The summed E-state index contributed by atoms with van der Waals surface area (Å²) in [5.74, 6) is 1.67. The fourth-order valence-electron chi connectivity index (χ4n) is 3.19. The molecular weight excluding hydrogens is 352 g/mol. The molecular formula is C21H34N6O. The van der Waals surface area contributed by atoms with Crippen LogP contribution in [0.25, 0.3) is 0 Å². The van der Waals surface area contributed by atoms with Gasteiger partial charge in [-0.25, -0.2) is 4.99 Å². The molecule has 2 rings (SSSR count). The molecule has 1 heterocycles. The number of ether oxygens (including phenoxy) is 1. The average molecular weight is 387 g/mol. The zero-order chi connectivity index (χ0) is 20.7. The first kappa shape index (κ1) is 21.8. The molecule has 1 aromatic carbocycles. The van der Waals surface area contributed by atoms with Gasteiger partial charge in [0.05, 0.1) is 25.4 Å². The molecule has 7 heteroatoms. The van der Waals surface area contributed by atoms with Crippen molar-refractivity contribution in [3.05, 3.63) is 46.8 Å². The van der Waals surface area contributed by atoms with E-state index in [1.807, 2.05) is 30.8 Å². The second-order valence-corrected chi connectivity index (χ2v) is 7.11. The normalized spacial score (nSPS) is 12.9. The summed E-state index contributed by atoms with van der Waals surface area (Å²) < 4.78 is 7.29. The Morgan fingerprint density at radius 1 is 1.29 bits per heavy atom. The van der Waals surface area contributed by atoms with Gasteiger partial charge in [0.2, 0.25) is 0 Å². The fraction of sp³-hybridized carbons (Fsp3) is 0.524. The number of hydrogen-bond acceptors (Lipinski definition) is 4. The van der Waals surface area contributed by atoms with Crippen molar-refractivity contribution in [1.29, 1.82) is 0 Å². The van der Waals surface area contributed by atoms with Crippen molar-refractivity contribution < 1.29 is 4.74 Å². The summed E-state index contributed by atoms with van der Waals surface area (Å²) in [6.45, 7) is 8.33. The molecule has 1 unspecified atom stereocenters. The summed E-state index contributed by atoms with van der Waals surface area (Å²) in [6.07, 6.45) is 0. The number of aryl methyl sites for hydroxylation is 2. The number of rotatable bonds is 8. The number of guanidine groups is 1. The van der Waals surface area contributed by atoms with Crippen LogP contribution >= 0.6 is 0 Å². The highest BCUT2D eigenvalue weighted by Gasteiger charge is 2.16. The number of methoxy groups -OCH3 is 1. The van der Waals surface area contributed by atoms with E-state index in [-0.39, 0.29) is 6.04 Å². The molecule has 0 saturated carbocycles. The first-order valence-electron chi connectivity index (χ1n) is 9.69. The summed E-state index contributed by atoms with van der Waals surface area (Å²) in [7, 11) is 7.83. The summed E-state index contributed by atoms with van der Waals surface area (Å²) in [5, 5.41) is 11.3. The Balaban J connectivity index is 2.13. The molecule has 154 valence electrons. The minimum Gasteiger partial charge on any atom is -0.497 e. The zero-order valence-corrected chi connectivity index (χ0v) is 18.2. The van der Waals surface area contributed by atoms with Crippen LogP contribution < -0.4 is 15.4 Å². The molecule has 0 spiro atoms. The van der Waals surface area contributed by atoms with Crippen LogP contribution in [0.5, 0.6) is 5.75 Å². The fourth-order valence-corrected chi connectivity index (χ4v) is 3.19. The van der Waals surface area contributed by atoms with Crippen molar-refractivity contribution >= 4 is 5.96 Å². The van der Waals surface area contributed by atoms with Crippen molar-refractivity contribution in [3.8, 4) is 5.75 Å². The van der Waals surface area contributed by atoms with Crippen molar-refractivity contribution in [2.75, 3.05) is 34.3 Å². The topological polar surface area (TPSA) is 66.7 Å². The minimum atomic E-state index is 0.195. The van der Waals surface area contributed by atoms with Gasteiger partial charge in [0.25, 0.3) is 0 Å². The molecule has 0 radical (unpaired) electrons. The van der Waals surface area contributed by atoms with Crippen LogP contribution in [-0.4, -0.2) is 54.9 Å². The molecule has 0 amide bonds. The van der Waals surface area contributed by atoms with E-state index in [0.717, 1.165) is 36.2 Å². The smallest absolute Gasteiger partial charge is 0.191 e. The van der Waals surface area contributed by atoms with E-state index in [4.69, 9.17) is 9.73 Å². The minimum absolute atomic E-state index is 0.195. The molecule has 0 saturated heterocycles. The van der Waals surface area contributed by atoms with Crippen LogP contribution in [-0.2, 0) is 13.6 Å². The van der Waals surface area contributed by atoms with Gasteiger partial charge in [-0.3, -0.25) is 4.68 Å². The molecule has 7 nitrogen and oxygen atoms in total. The molecule has 0 aliphatic rings. The number of benzene rings is 1. The Kier molecular flexibility index (Phi) is 7.87. The van der Waals surface area contributed by atoms with E-state index >= 15 is 0 Å². The monoisotopic (exact) mass is 386 g/mol. The Bertz CT molecular complexity index is 796. The lowest BCUT2D eigenvalue weighted by Crippen LogP contribution is -2.41. The third-order valence-corrected chi connectivity index (χ3v) is 4.96. The molecule has 0 bridgehead atoms. The molecule has 1 atom stereocenters. The predicted octanol–water partition coefficient (Wildman–Crippen LogP) is 2.40. The Morgan fingerprint density at radius 2 is 2.04 bits per heavy atom. The van der Waals surface area contributed by atoms with Gasteiger partial charge >= 0.3 is 0 Å².